The van der Waals surface area contributed by atoms with Gasteiger partial charge in [-0.05, 0) is 22.3 Å². The summed E-state index contributed by atoms with van der Waals surface area (Å²) in [4.78, 5) is 13.5. The standard InChI is InChI=1S/C22H22F3NO4/c1-29-14-10-21(28,22(23,24)25)13-26(11-14)20(27)30-12-19-17-8-4-2-6-15(17)16-7-3-5-9-18(16)19/h2-9,14,19,28H,10-13H2,1H3/t14-,21+/m1/s1. The van der Waals surface area contributed by atoms with E-state index in [1.54, 1.807) is 0 Å². The minimum atomic E-state index is -4.88. The lowest BCUT2D eigenvalue weighted by atomic mass is 9.90. The van der Waals surface area contributed by atoms with Crippen molar-refractivity contribution < 1.29 is 32.5 Å². The number of carbonyl (C=O) groups is 1. The fourth-order valence-electron chi connectivity index (χ4n) is 4.32. The van der Waals surface area contributed by atoms with Crippen LogP contribution in [0.1, 0.15) is 23.5 Å². The zero-order chi connectivity index (χ0) is 21.5. The van der Waals surface area contributed by atoms with Gasteiger partial charge in [-0.1, -0.05) is 48.5 Å². The van der Waals surface area contributed by atoms with E-state index < -0.39 is 36.9 Å². The third-order valence-electron chi connectivity index (χ3n) is 5.90. The molecule has 1 aliphatic heterocycles. The lowest BCUT2D eigenvalue weighted by Gasteiger charge is -2.42. The summed E-state index contributed by atoms with van der Waals surface area (Å²) in [5.74, 6) is -0.203. The van der Waals surface area contributed by atoms with Crippen molar-refractivity contribution in [1.29, 1.82) is 0 Å². The highest BCUT2D eigenvalue weighted by atomic mass is 19.4. The summed E-state index contributed by atoms with van der Waals surface area (Å²) < 4.78 is 50.5. The molecular weight excluding hydrogens is 399 g/mol. The van der Waals surface area contributed by atoms with Crippen molar-refractivity contribution in [3.05, 3.63) is 59.7 Å². The first-order chi connectivity index (χ1) is 14.2. The molecule has 30 heavy (non-hydrogen) atoms. The van der Waals surface area contributed by atoms with Crippen LogP contribution < -0.4 is 0 Å². The zero-order valence-electron chi connectivity index (χ0n) is 16.4. The molecule has 0 aromatic heterocycles. The molecule has 2 aliphatic rings. The van der Waals surface area contributed by atoms with Gasteiger partial charge in [0.2, 0.25) is 0 Å². The average molecular weight is 421 g/mol. The number of halogens is 3. The second kappa shape index (κ2) is 7.59. The fourth-order valence-corrected chi connectivity index (χ4v) is 4.32. The van der Waals surface area contributed by atoms with Crippen LogP contribution in [0.15, 0.2) is 48.5 Å². The first-order valence-corrected chi connectivity index (χ1v) is 9.65. The molecule has 1 amide bonds. The number of piperidine rings is 1. The summed E-state index contributed by atoms with van der Waals surface area (Å²) in [5, 5.41) is 10.1. The molecule has 2 atom stereocenters. The predicted octanol–water partition coefficient (Wildman–Crippen LogP) is 3.95. The Labute approximate surface area is 172 Å². The molecule has 1 fully saturated rings. The van der Waals surface area contributed by atoms with Crippen LogP contribution in [-0.2, 0) is 9.47 Å². The molecule has 0 saturated carbocycles. The Kier molecular flexibility index (Phi) is 5.23. The lowest BCUT2D eigenvalue weighted by molar-refractivity contribution is -0.281. The number of rotatable bonds is 3. The number of methoxy groups -OCH3 is 1. The number of hydrogen-bond donors (Lipinski definition) is 1. The number of likely N-dealkylation sites (tertiary alicyclic amines) is 1. The molecule has 2 aromatic carbocycles. The second-order valence-electron chi connectivity index (χ2n) is 7.78. The highest BCUT2D eigenvalue weighted by Gasteiger charge is 2.58. The summed E-state index contributed by atoms with van der Waals surface area (Å²) in [6, 6.07) is 15.6. The lowest BCUT2D eigenvalue weighted by Crippen LogP contribution is -2.62. The number of fused-ring (bicyclic) bond motifs is 3. The molecule has 160 valence electrons. The number of nitrogens with zero attached hydrogens (tertiary/aromatic N) is 1. The monoisotopic (exact) mass is 421 g/mol. The van der Waals surface area contributed by atoms with E-state index in [1.807, 2.05) is 48.5 Å². The Morgan fingerprint density at radius 1 is 1.13 bits per heavy atom. The maximum atomic E-state index is 13.3. The van der Waals surface area contributed by atoms with E-state index in [-0.39, 0.29) is 19.1 Å². The number of benzene rings is 2. The molecule has 0 radical (unpaired) electrons. The second-order valence-corrected chi connectivity index (χ2v) is 7.78. The van der Waals surface area contributed by atoms with Crippen LogP contribution in [0.5, 0.6) is 0 Å². The van der Waals surface area contributed by atoms with Crippen LogP contribution in [0.25, 0.3) is 11.1 Å². The van der Waals surface area contributed by atoms with Gasteiger partial charge in [0.25, 0.3) is 0 Å². The van der Waals surface area contributed by atoms with Gasteiger partial charge in [0, 0.05) is 19.4 Å². The van der Waals surface area contributed by atoms with Gasteiger partial charge in [-0.15, -0.1) is 0 Å². The maximum absolute atomic E-state index is 13.3. The molecule has 1 heterocycles. The van der Waals surface area contributed by atoms with Crippen molar-refractivity contribution >= 4 is 6.09 Å². The third kappa shape index (κ3) is 3.54. The number of β-amino-alcohol motifs (C(OH)–C–C–N with tert-alkyl or cyclic N) is 1. The van der Waals surface area contributed by atoms with Gasteiger partial charge in [-0.25, -0.2) is 4.79 Å². The predicted molar refractivity (Wildman–Crippen MR) is 103 cm³/mol. The van der Waals surface area contributed by atoms with Crippen LogP contribution in [0.2, 0.25) is 0 Å². The van der Waals surface area contributed by atoms with Crippen molar-refractivity contribution in [3.8, 4) is 11.1 Å². The van der Waals surface area contributed by atoms with E-state index in [4.69, 9.17) is 9.47 Å². The van der Waals surface area contributed by atoms with E-state index in [0.29, 0.717) is 0 Å². The number of carbonyl (C=O) groups excluding carboxylic acids is 1. The Morgan fingerprint density at radius 3 is 2.23 bits per heavy atom. The Balaban J connectivity index is 1.51. The molecule has 1 aliphatic carbocycles. The molecule has 1 saturated heterocycles. The van der Waals surface area contributed by atoms with Crippen LogP contribution in [0.3, 0.4) is 0 Å². The van der Waals surface area contributed by atoms with Crippen molar-refractivity contribution in [3.63, 3.8) is 0 Å². The van der Waals surface area contributed by atoms with E-state index in [0.717, 1.165) is 27.2 Å². The Hall–Kier alpha value is -2.58. The van der Waals surface area contributed by atoms with Gasteiger partial charge < -0.3 is 19.5 Å². The van der Waals surface area contributed by atoms with E-state index in [9.17, 15) is 23.1 Å². The van der Waals surface area contributed by atoms with Gasteiger partial charge in [-0.2, -0.15) is 13.2 Å². The molecule has 2 aromatic rings. The van der Waals surface area contributed by atoms with Crippen molar-refractivity contribution in [2.45, 2.75) is 30.2 Å². The summed E-state index contributed by atoms with van der Waals surface area (Å²) in [7, 11) is 1.25. The fraction of sp³-hybridized carbons (Fsp3) is 0.409. The van der Waals surface area contributed by atoms with E-state index in [1.165, 1.54) is 7.11 Å². The minimum Gasteiger partial charge on any atom is -0.448 e. The number of ether oxygens (including phenoxy) is 2. The number of aliphatic hydroxyl groups is 1. The first-order valence-electron chi connectivity index (χ1n) is 9.65. The van der Waals surface area contributed by atoms with Gasteiger partial charge in [0.1, 0.15) is 6.61 Å². The smallest absolute Gasteiger partial charge is 0.419 e. The number of alkyl halides is 3. The number of hydrogen-bond acceptors (Lipinski definition) is 4. The van der Waals surface area contributed by atoms with Crippen LogP contribution in [0.4, 0.5) is 18.0 Å². The zero-order valence-corrected chi connectivity index (χ0v) is 16.4. The van der Waals surface area contributed by atoms with Crippen LogP contribution in [0, 0.1) is 0 Å². The molecular formula is C22H22F3NO4. The minimum absolute atomic E-state index is 0.00848. The normalized spacial score (nSPS) is 23.8. The number of amides is 1. The van der Waals surface area contributed by atoms with Crippen LogP contribution >= 0.6 is 0 Å². The summed E-state index contributed by atoms with van der Waals surface area (Å²) in [5.41, 5.74) is 1.09. The largest absolute Gasteiger partial charge is 0.448 e. The van der Waals surface area contributed by atoms with Crippen molar-refractivity contribution in [2.75, 3.05) is 26.8 Å². The third-order valence-corrected chi connectivity index (χ3v) is 5.90. The van der Waals surface area contributed by atoms with E-state index >= 15 is 0 Å². The van der Waals surface area contributed by atoms with Gasteiger partial charge >= 0.3 is 12.3 Å². The average Bonchev–Trinajstić information content (AvgIpc) is 3.04. The van der Waals surface area contributed by atoms with Gasteiger partial charge in [0.05, 0.1) is 19.2 Å². The Bertz CT molecular complexity index is 902. The van der Waals surface area contributed by atoms with Gasteiger partial charge in [0.15, 0.2) is 5.60 Å². The van der Waals surface area contributed by atoms with Gasteiger partial charge in [-0.3, -0.25) is 0 Å². The maximum Gasteiger partial charge on any atom is 0.419 e. The van der Waals surface area contributed by atoms with Crippen LogP contribution in [-0.4, -0.2) is 60.8 Å². The van der Waals surface area contributed by atoms with Crippen molar-refractivity contribution in [1.82, 2.24) is 4.90 Å². The summed E-state index contributed by atoms with van der Waals surface area (Å²) in [6.07, 6.45) is -7.35. The molecule has 0 spiro atoms. The topological polar surface area (TPSA) is 59.0 Å². The molecule has 0 unspecified atom stereocenters. The molecule has 1 N–H and O–H groups in total. The molecule has 5 nitrogen and oxygen atoms in total. The molecule has 4 rings (SSSR count). The SMILES string of the molecule is CO[C@H]1CN(C(=O)OCC2c3ccccc3-c3ccccc32)C[C@](O)(C(F)(F)F)C1. The highest BCUT2D eigenvalue weighted by molar-refractivity contribution is 5.79. The Morgan fingerprint density at radius 2 is 1.70 bits per heavy atom. The highest BCUT2D eigenvalue weighted by Crippen LogP contribution is 2.44. The first kappa shape index (κ1) is 20.7. The molecule has 0 bridgehead atoms. The van der Waals surface area contributed by atoms with E-state index in [2.05, 4.69) is 0 Å². The summed E-state index contributed by atoms with van der Waals surface area (Å²) >= 11 is 0. The quantitative estimate of drug-likeness (QED) is 0.816. The van der Waals surface area contributed by atoms with Crippen molar-refractivity contribution in [2.24, 2.45) is 0 Å². The summed E-state index contributed by atoms with van der Waals surface area (Å²) in [6.45, 7) is -0.968. The molecule has 8 heteroatoms.